The first-order valence-corrected chi connectivity index (χ1v) is 10.1. The van der Waals surface area contributed by atoms with Gasteiger partial charge in [0, 0.05) is 31.2 Å². The number of sulfonamides is 1. The van der Waals surface area contributed by atoms with E-state index in [1.807, 2.05) is 23.6 Å². The molecule has 0 aliphatic carbocycles. The lowest BCUT2D eigenvalue weighted by Crippen LogP contribution is -2.63. The number of nitrogens with two attached hydrogens (primary N) is 1. The smallest absolute Gasteiger partial charge is 0.302 e. The lowest BCUT2D eigenvalue weighted by atomic mass is 10.1. The van der Waals surface area contributed by atoms with Gasteiger partial charge < -0.3 is 4.90 Å². The van der Waals surface area contributed by atoms with Gasteiger partial charge in [-0.3, -0.25) is 19.5 Å². The molecule has 0 radical (unpaired) electrons. The van der Waals surface area contributed by atoms with Crippen molar-refractivity contribution in [1.82, 2.24) is 14.7 Å². The van der Waals surface area contributed by atoms with Gasteiger partial charge in [0.15, 0.2) is 12.2 Å². The van der Waals surface area contributed by atoms with Gasteiger partial charge in [0.05, 0.1) is 4.90 Å². The number of allylic oxidation sites excluding steroid dienone is 2. The van der Waals surface area contributed by atoms with E-state index in [1.54, 1.807) is 19.2 Å². The summed E-state index contributed by atoms with van der Waals surface area (Å²) in [5.74, 6) is 0.210. The van der Waals surface area contributed by atoms with Crippen molar-refractivity contribution in [3.63, 3.8) is 0 Å². The first kappa shape index (κ1) is 18.4. The van der Waals surface area contributed by atoms with Crippen LogP contribution in [0.4, 0.5) is 10.5 Å². The minimum absolute atomic E-state index is 0.00909. The second kappa shape index (κ2) is 5.79. The molecule has 1 aromatic carbocycles. The van der Waals surface area contributed by atoms with Crippen molar-refractivity contribution in [3.05, 3.63) is 35.7 Å². The Bertz CT molecular complexity index is 1060. The van der Waals surface area contributed by atoms with Crippen LogP contribution in [0.15, 0.2) is 45.5 Å². The molecule has 2 N–H and O–H groups in total. The van der Waals surface area contributed by atoms with Crippen molar-refractivity contribution in [2.24, 2.45) is 10.1 Å². The highest BCUT2D eigenvalue weighted by molar-refractivity contribution is 7.89. The van der Waals surface area contributed by atoms with Crippen LogP contribution in [0.1, 0.15) is 13.8 Å². The highest BCUT2D eigenvalue weighted by Gasteiger charge is 2.55. The number of carbonyl (C=O) groups excluding carboxylic acids is 2. The van der Waals surface area contributed by atoms with Gasteiger partial charge in [-0.2, -0.15) is 0 Å². The highest BCUT2D eigenvalue weighted by atomic mass is 32.2. The fraction of sp³-hybridized carbons (Fsp3) is 0.353. The van der Waals surface area contributed by atoms with E-state index < -0.39 is 28.3 Å². The topological polar surface area (TPSA) is 120 Å². The number of anilines is 1. The Balaban J connectivity index is 1.78. The Morgan fingerprint density at radius 2 is 1.64 bits per heavy atom. The van der Waals surface area contributed by atoms with Gasteiger partial charge in [-0.25, -0.2) is 23.3 Å². The zero-order chi connectivity index (χ0) is 20.5. The molecule has 148 valence electrons. The zero-order valence-corrected chi connectivity index (χ0v) is 16.6. The number of aliphatic imine (C=N–C) groups is 1. The molecule has 4 rings (SSSR count). The normalized spacial score (nSPS) is 24.8. The van der Waals surface area contributed by atoms with Gasteiger partial charge in [0.2, 0.25) is 16.0 Å². The third kappa shape index (κ3) is 2.36. The van der Waals surface area contributed by atoms with Crippen molar-refractivity contribution < 1.29 is 18.0 Å². The summed E-state index contributed by atoms with van der Waals surface area (Å²) in [4.78, 5) is 36.0. The Kier molecular flexibility index (Phi) is 3.81. The number of likely N-dealkylation sites (N-methyl/N-ethyl adjacent to an activating group) is 2. The number of nitrogens with zero attached hydrogens (tertiary/aromatic N) is 5. The molecular formula is C17H20N6O4S. The van der Waals surface area contributed by atoms with Crippen LogP contribution in [-0.4, -0.2) is 67.3 Å². The quantitative estimate of drug-likeness (QED) is 0.757. The number of carbonyl (C=O) groups is 2. The van der Waals surface area contributed by atoms with Gasteiger partial charge in [-0.1, -0.05) is 0 Å². The van der Waals surface area contributed by atoms with Crippen LogP contribution < -0.4 is 10.0 Å². The van der Waals surface area contributed by atoms with Crippen molar-refractivity contribution in [2.45, 2.75) is 31.0 Å². The van der Waals surface area contributed by atoms with Crippen LogP contribution in [-0.2, 0) is 14.8 Å². The van der Waals surface area contributed by atoms with Crippen molar-refractivity contribution in [1.29, 1.82) is 0 Å². The number of primary sulfonamides is 1. The molecule has 10 nitrogen and oxygen atoms in total. The maximum Gasteiger partial charge on any atom is 0.328 e. The largest absolute Gasteiger partial charge is 0.328 e. The second-order valence-corrected chi connectivity index (χ2v) is 8.55. The number of rotatable bonds is 2. The molecule has 3 amide bonds. The third-order valence-electron chi connectivity index (χ3n) is 5.44. The van der Waals surface area contributed by atoms with Gasteiger partial charge >= 0.3 is 6.03 Å². The molecule has 2 atom stereocenters. The van der Waals surface area contributed by atoms with Gasteiger partial charge in [-0.05, 0) is 38.1 Å². The lowest BCUT2D eigenvalue weighted by molar-refractivity contribution is -0.135. The first-order valence-electron chi connectivity index (χ1n) is 8.56. The van der Waals surface area contributed by atoms with Gasteiger partial charge in [0.25, 0.3) is 5.91 Å². The molecule has 28 heavy (non-hydrogen) atoms. The summed E-state index contributed by atoms with van der Waals surface area (Å²) < 4.78 is 23.0. The molecule has 0 bridgehead atoms. The summed E-state index contributed by atoms with van der Waals surface area (Å²) >= 11 is 0. The highest BCUT2D eigenvalue weighted by Crippen LogP contribution is 2.39. The van der Waals surface area contributed by atoms with Crippen molar-refractivity contribution >= 4 is 33.6 Å². The number of imide groups is 1. The summed E-state index contributed by atoms with van der Waals surface area (Å²) in [6, 6.07) is 5.08. The van der Waals surface area contributed by atoms with Gasteiger partial charge in [-0.15, -0.1) is 0 Å². The van der Waals surface area contributed by atoms with Crippen LogP contribution in [0.3, 0.4) is 0 Å². The number of urea groups is 1. The molecule has 3 heterocycles. The summed E-state index contributed by atoms with van der Waals surface area (Å²) in [5.41, 5.74) is 2.38. The van der Waals surface area contributed by atoms with Crippen LogP contribution in [0, 0.1) is 0 Å². The summed E-state index contributed by atoms with van der Waals surface area (Å²) in [7, 11) is -0.718. The molecule has 1 aromatic rings. The number of hydrogen-bond acceptors (Lipinski definition) is 7. The molecule has 0 spiro atoms. The third-order valence-corrected chi connectivity index (χ3v) is 6.37. The van der Waals surface area contributed by atoms with Crippen molar-refractivity contribution in [3.8, 4) is 0 Å². The van der Waals surface area contributed by atoms with E-state index in [0.29, 0.717) is 11.6 Å². The molecule has 0 saturated carbocycles. The molecule has 3 aliphatic heterocycles. The van der Waals surface area contributed by atoms with Crippen molar-refractivity contribution in [2.75, 3.05) is 19.0 Å². The Morgan fingerprint density at radius 3 is 2.21 bits per heavy atom. The number of guanidine groups is 1. The lowest BCUT2D eigenvalue weighted by Gasteiger charge is -2.39. The minimum atomic E-state index is -3.79. The maximum absolute atomic E-state index is 12.8. The SMILES string of the molecule is CC1=C(C)N2C(=NC3C2C(=O)N(C)C(=O)N3C)N1c1ccc(S(N)(=O)=O)cc1. The predicted octanol–water partition coefficient (Wildman–Crippen LogP) is 0.296. The molecule has 0 aromatic heterocycles. The molecule has 1 fully saturated rings. The van der Waals surface area contributed by atoms with E-state index in [1.165, 1.54) is 24.1 Å². The standard InChI is InChI=1S/C17H20N6O4S/c1-9-10(2)23-13-14(20(3)17(25)21(4)15(13)24)19-16(23)22(9)11-5-7-12(8-6-11)28(18,26)27/h5-8,13-14H,1-4H3,(H2,18,26,27). The Labute approximate surface area is 162 Å². The van der Waals surface area contributed by atoms with E-state index in [2.05, 4.69) is 4.99 Å². The van der Waals surface area contributed by atoms with Crippen LogP contribution in [0.25, 0.3) is 0 Å². The summed E-state index contributed by atoms with van der Waals surface area (Å²) in [6.07, 6.45) is -0.625. The number of amides is 3. The van der Waals surface area contributed by atoms with E-state index >= 15 is 0 Å². The average Bonchev–Trinajstić information content (AvgIpc) is 3.14. The summed E-state index contributed by atoms with van der Waals surface area (Å²) in [6.45, 7) is 3.78. The average molecular weight is 404 g/mol. The zero-order valence-electron chi connectivity index (χ0n) is 15.8. The fourth-order valence-corrected chi connectivity index (χ4v) is 4.31. The van der Waals surface area contributed by atoms with Gasteiger partial charge in [0.1, 0.15) is 0 Å². The fourth-order valence-electron chi connectivity index (χ4n) is 3.79. The molecular weight excluding hydrogens is 384 g/mol. The molecule has 2 unspecified atom stereocenters. The number of hydrogen-bond donors (Lipinski definition) is 1. The monoisotopic (exact) mass is 404 g/mol. The number of fused-ring (bicyclic) bond motifs is 3. The minimum Gasteiger partial charge on any atom is -0.302 e. The Hall–Kier alpha value is -2.92. The second-order valence-electron chi connectivity index (χ2n) is 6.99. The van der Waals surface area contributed by atoms with Crippen LogP contribution in [0.5, 0.6) is 0 Å². The number of benzene rings is 1. The van der Waals surface area contributed by atoms with Crippen LogP contribution >= 0.6 is 0 Å². The first-order chi connectivity index (χ1) is 13.0. The summed E-state index contributed by atoms with van der Waals surface area (Å²) in [5, 5.41) is 5.17. The van der Waals surface area contributed by atoms with E-state index in [0.717, 1.165) is 16.3 Å². The predicted molar refractivity (Wildman–Crippen MR) is 101 cm³/mol. The van der Waals surface area contributed by atoms with Crippen LogP contribution in [0.2, 0.25) is 0 Å². The molecule has 1 saturated heterocycles. The van der Waals surface area contributed by atoms with E-state index in [9.17, 15) is 18.0 Å². The maximum atomic E-state index is 12.8. The van der Waals surface area contributed by atoms with E-state index in [4.69, 9.17) is 5.14 Å². The molecule has 11 heteroatoms. The van der Waals surface area contributed by atoms with E-state index in [-0.39, 0.29) is 10.8 Å². The molecule has 3 aliphatic rings. The Morgan fingerprint density at radius 1 is 1.04 bits per heavy atom.